The Balaban J connectivity index is 2.53. The van der Waals surface area contributed by atoms with Crippen LogP contribution < -0.4 is 10.1 Å². The number of carbonyl (C=O) groups is 1. The first-order valence-corrected chi connectivity index (χ1v) is 6.53. The zero-order valence-corrected chi connectivity index (χ0v) is 11.9. The molecule has 0 aliphatic heterocycles. The molecule has 1 aromatic rings. The van der Waals surface area contributed by atoms with Gasteiger partial charge >= 0.3 is 0 Å². The van der Waals surface area contributed by atoms with Crippen molar-refractivity contribution in [1.82, 2.24) is 0 Å². The van der Waals surface area contributed by atoms with Gasteiger partial charge in [0, 0.05) is 17.3 Å². The molecule has 0 aliphatic carbocycles. The monoisotopic (exact) mass is 309 g/mol. The first-order chi connectivity index (χ1) is 8.67. The summed E-state index contributed by atoms with van der Waals surface area (Å²) in [5, 5.41) is 2.83. The van der Waals surface area contributed by atoms with Gasteiger partial charge in [0.15, 0.2) is 0 Å². The standard InChI is InChI=1S/C14H16BrNO2/c1-3-4-5-6-7-14(17)16-12-10-11(15)8-9-13(12)18-2/h1,8-10H,4-7H2,2H3,(H,16,17). The largest absolute Gasteiger partial charge is 0.495 e. The van der Waals surface area contributed by atoms with Gasteiger partial charge in [-0.3, -0.25) is 4.79 Å². The molecule has 0 saturated carbocycles. The Morgan fingerprint density at radius 3 is 2.94 bits per heavy atom. The minimum absolute atomic E-state index is 0.0246. The van der Waals surface area contributed by atoms with Crippen LogP contribution in [-0.4, -0.2) is 13.0 Å². The third-order valence-electron chi connectivity index (χ3n) is 2.41. The highest BCUT2D eigenvalue weighted by Crippen LogP contribution is 2.28. The highest BCUT2D eigenvalue weighted by atomic mass is 79.9. The number of terminal acetylenes is 1. The van der Waals surface area contributed by atoms with E-state index in [4.69, 9.17) is 11.2 Å². The molecule has 0 heterocycles. The minimum Gasteiger partial charge on any atom is -0.495 e. The molecule has 1 rings (SSSR count). The lowest BCUT2D eigenvalue weighted by Crippen LogP contribution is -2.11. The molecule has 0 aliphatic rings. The Labute approximate surface area is 116 Å². The second-order valence-electron chi connectivity index (χ2n) is 3.80. The fourth-order valence-corrected chi connectivity index (χ4v) is 1.86. The molecule has 96 valence electrons. The van der Waals surface area contributed by atoms with Crippen LogP contribution >= 0.6 is 15.9 Å². The van der Waals surface area contributed by atoms with Gasteiger partial charge in [-0.1, -0.05) is 15.9 Å². The van der Waals surface area contributed by atoms with Gasteiger partial charge in [-0.05, 0) is 31.0 Å². The predicted molar refractivity (Wildman–Crippen MR) is 76.6 cm³/mol. The van der Waals surface area contributed by atoms with E-state index in [1.807, 2.05) is 12.1 Å². The molecule has 18 heavy (non-hydrogen) atoms. The quantitative estimate of drug-likeness (QED) is 0.644. The lowest BCUT2D eigenvalue weighted by Gasteiger charge is -2.10. The van der Waals surface area contributed by atoms with E-state index in [2.05, 4.69) is 27.2 Å². The number of halogens is 1. The zero-order chi connectivity index (χ0) is 13.4. The van der Waals surface area contributed by atoms with Gasteiger partial charge < -0.3 is 10.1 Å². The Kier molecular flexibility index (Phi) is 6.31. The maximum atomic E-state index is 11.7. The number of benzene rings is 1. The molecular weight excluding hydrogens is 294 g/mol. The van der Waals surface area contributed by atoms with Crippen LogP contribution in [0.4, 0.5) is 5.69 Å². The van der Waals surface area contributed by atoms with E-state index in [-0.39, 0.29) is 5.91 Å². The summed E-state index contributed by atoms with van der Waals surface area (Å²) in [6.07, 6.45) is 8.01. The number of hydrogen-bond acceptors (Lipinski definition) is 2. The number of ether oxygens (including phenoxy) is 1. The molecule has 0 aromatic heterocycles. The molecular formula is C14H16BrNO2. The SMILES string of the molecule is C#CCCCCC(=O)Nc1cc(Br)ccc1OC. The van der Waals surface area contributed by atoms with Crippen molar-refractivity contribution in [1.29, 1.82) is 0 Å². The van der Waals surface area contributed by atoms with Crippen molar-refractivity contribution in [2.75, 3.05) is 12.4 Å². The number of rotatable bonds is 6. The highest BCUT2D eigenvalue weighted by Gasteiger charge is 2.07. The number of methoxy groups -OCH3 is 1. The van der Waals surface area contributed by atoms with E-state index >= 15 is 0 Å². The van der Waals surface area contributed by atoms with Gasteiger partial charge in [0.2, 0.25) is 5.91 Å². The molecule has 3 nitrogen and oxygen atoms in total. The van der Waals surface area contributed by atoms with Crippen molar-refractivity contribution in [2.45, 2.75) is 25.7 Å². The predicted octanol–water partition coefficient (Wildman–Crippen LogP) is 3.59. The average Bonchev–Trinajstić information content (AvgIpc) is 2.35. The lowest BCUT2D eigenvalue weighted by atomic mass is 10.2. The maximum absolute atomic E-state index is 11.7. The molecule has 0 bridgehead atoms. The van der Waals surface area contributed by atoms with E-state index in [0.717, 1.165) is 17.3 Å². The van der Waals surface area contributed by atoms with Crippen LogP contribution in [-0.2, 0) is 4.79 Å². The summed E-state index contributed by atoms with van der Waals surface area (Å²) in [4.78, 5) is 11.7. The van der Waals surface area contributed by atoms with E-state index in [0.29, 0.717) is 24.3 Å². The molecule has 4 heteroatoms. The molecule has 0 unspecified atom stereocenters. The smallest absolute Gasteiger partial charge is 0.224 e. The van der Waals surface area contributed by atoms with Crippen LogP contribution in [0.5, 0.6) is 5.75 Å². The fourth-order valence-electron chi connectivity index (χ4n) is 1.50. The van der Waals surface area contributed by atoms with Crippen molar-refractivity contribution >= 4 is 27.5 Å². The highest BCUT2D eigenvalue weighted by molar-refractivity contribution is 9.10. The molecule has 0 atom stereocenters. The topological polar surface area (TPSA) is 38.3 Å². The van der Waals surface area contributed by atoms with E-state index in [1.54, 1.807) is 13.2 Å². The average molecular weight is 310 g/mol. The summed E-state index contributed by atoms with van der Waals surface area (Å²) < 4.78 is 6.08. The van der Waals surface area contributed by atoms with Gasteiger partial charge in [0.25, 0.3) is 0 Å². The zero-order valence-electron chi connectivity index (χ0n) is 10.3. The van der Waals surface area contributed by atoms with Gasteiger partial charge in [-0.2, -0.15) is 0 Å². The first kappa shape index (κ1) is 14.6. The van der Waals surface area contributed by atoms with E-state index in [9.17, 15) is 4.79 Å². The molecule has 1 amide bonds. The summed E-state index contributed by atoms with van der Waals surface area (Å²) in [7, 11) is 1.58. The Morgan fingerprint density at radius 1 is 1.50 bits per heavy atom. The lowest BCUT2D eigenvalue weighted by molar-refractivity contribution is -0.116. The summed E-state index contributed by atoms with van der Waals surface area (Å²) >= 11 is 3.36. The summed E-state index contributed by atoms with van der Waals surface area (Å²) in [5.41, 5.74) is 0.675. The Bertz CT molecular complexity index is 452. The van der Waals surface area contributed by atoms with Gasteiger partial charge in [0.05, 0.1) is 12.8 Å². The van der Waals surface area contributed by atoms with Crippen LogP contribution in [0.25, 0.3) is 0 Å². The van der Waals surface area contributed by atoms with Crippen LogP contribution in [0.3, 0.4) is 0 Å². The van der Waals surface area contributed by atoms with E-state index in [1.165, 1.54) is 0 Å². The molecule has 0 fully saturated rings. The summed E-state index contributed by atoms with van der Waals surface area (Å²) in [6.45, 7) is 0. The number of anilines is 1. The number of hydrogen-bond donors (Lipinski definition) is 1. The second-order valence-corrected chi connectivity index (χ2v) is 4.72. The van der Waals surface area contributed by atoms with Gasteiger partial charge in [-0.15, -0.1) is 12.3 Å². The number of carbonyl (C=O) groups excluding carboxylic acids is 1. The van der Waals surface area contributed by atoms with Gasteiger partial charge in [0.1, 0.15) is 5.75 Å². The van der Waals surface area contributed by atoms with Crippen molar-refractivity contribution < 1.29 is 9.53 Å². The van der Waals surface area contributed by atoms with Crippen LogP contribution in [0.1, 0.15) is 25.7 Å². The first-order valence-electron chi connectivity index (χ1n) is 5.74. The van der Waals surface area contributed by atoms with Crippen LogP contribution in [0.15, 0.2) is 22.7 Å². The Morgan fingerprint density at radius 2 is 2.28 bits per heavy atom. The maximum Gasteiger partial charge on any atom is 0.224 e. The Hall–Kier alpha value is -1.47. The normalized spacial score (nSPS) is 9.61. The van der Waals surface area contributed by atoms with Crippen LogP contribution in [0, 0.1) is 12.3 Å². The number of unbranched alkanes of at least 4 members (excludes halogenated alkanes) is 2. The summed E-state index contributed by atoms with van der Waals surface area (Å²) in [5.74, 6) is 3.18. The molecule has 1 N–H and O–H groups in total. The van der Waals surface area contributed by atoms with Crippen molar-refractivity contribution in [2.24, 2.45) is 0 Å². The third kappa shape index (κ3) is 4.80. The van der Waals surface area contributed by atoms with Crippen molar-refractivity contribution in [3.8, 4) is 18.1 Å². The summed E-state index contributed by atoms with van der Waals surface area (Å²) in [6, 6.07) is 5.48. The second kappa shape index (κ2) is 7.78. The van der Waals surface area contributed by atoms with Gasteiger partial charge in [-0.25, -0.2) is 0 Å². The molecule has 0 saturated heterocycles. The molecule has 1 aromatic carbocycles. The fraction of sp³-hybridized carbons (Fsp3) is 0.357. The third-order valence-corrected chi connectivity index (χ3v) is 2.90. The molecule has 0 radical (unpaired) electrons. The van der Waals surface area contributed by atoms with Crippen LogP contribution in [0.2, 0.25) is 0 Å². The van der Waals surface area contributed by atoms with Crippen molar-refractivity contribution in [3.63, 3.8) is 0 Å². The number of nitrogens with one attached hydrogen (secondary N) is 1. The molecule has 0 spiro atoms. The minimum atomic E-state index is -0.0246. The number of amides is 1. The van der Waals surface area contributed by atoms with E-state index < -0.39 is 0 Å². The van der Waals surface area contributed by atoms with Crippen molar-refractivity contribution in [3.05, 3.63) is 22.7 Å².